The summed E-state index contributed by atoms with van der Waals surface area (Å²) in [5.74, 6) is -8.92. The maximum absolute atomic E-state index is 14.7. The number of pyridine rings is 1. The topological polar surface area (TPSA) is 161 Å². The number of nitrogens with zero attached hydrogens (tertiary/aromatic N) is 4. The van der Waals surface area contributed by atoms with Crippen LogP contribution in [-0.2, 0) is 35.2 Å². The third kappa shape index (κ3) is 12.1. The molecule has 0 radical (unpaired) electrons. The van der Waals surface area contributed by atoms with E-state index in [2.05, 4.69) is 20.9 Å². The van der Waals surface area contributed by atoms with Gasteiger partial charge in [-0.05, 0) is 62.5 Å². The molecule has 1 aromatic rings. The van der Waals surface area contributed by atoms with Gasteiger partial charge in [-0.15, -0.1) is 0 Å². The summed E-state index contributed by atoms with van der Waals surface area (Å²) in [5, 5.41) is 8.82. The molecular formula is C43H60ClF6N7O6. The highest BCUT2D eigenvalue weighted by molar-refractivity contribution is 6.30. The lowest BCUT2D eigenvalue weighted by Crippen LogP contribution is -2.64. The summed E-state index contributed by atoms with van der Waals surface area (Å²) in [6.07, 6.45) is -5.43. The van der Waals surface area contributed by atoms with Gasteiger partial charge in [0.25, 0.3) is 5.92 Å². The highest BCUT2D eigenvalue weighted by atomic mass is 35.5. The van der Waals surface area contributed by atoms with Crippen LogP contribution in [0, 0.1) is 24.2 Å². The molecule has 6 amide bonds. The Hall–Kier alpha value is -4.16. The number of carbonyl (C=O) groups excluding carboxylic acids is 6. The Balaban J connectivity index is 1.34. The SMILES string of the molecule is Cc1ncc(Cl)cc1C[C@H]1C(=O)NCCCCCCC[C@H](N(C)C(=O)[C@@H](NC(=O)C[C@@H]2C[C@@H](F)CN2C(=O)C2(C(F)(F)F)CC(F)(F)C2)C2CC2)C(=O)N[C@@H](CC(C)C)C(=O)N1C. The Morgan fingerprint density at radius 2 is 1.68 bits per heavy atom. The zero-order valence-corrected chi connectivity index (χ0v) is 37.2. The molecule has 4 aliphatic rings. The highest BCUT2D eigenvalue weighted by Gasteiger charge is 2.74. The van der Waals surface area contributed by atoms with E-state index in [1.165, 1.54) is 30.1 Å². The molecule has 20 heteroatoms. The molecule has 4 fully saturated rings. The number of carbonyl (C=O) groups is 6. The number of halogens is 7. The summed E-state index contributed by atoms with van der Waals surface area (Å²) in [4.78, 5) is 90.9. The molecule has 13 nitrogen and oxygen atoms in total. The van der Waals surface area contributed by atoms with Crippen LogP contribution in [0.25, 0.3) is 0 Å². The van der Waals surface area contributed by atoms with Crippen molar-refractivity contribution in [1.82, 2.24) is 35.6 Å². The minimum Gasteiger partial charge on any atom is -0.354 e. The van der Waals surface area contributed by atoms with Gasteiger partial charge in [0.1, 0.15) is 30.3 Å². The number of alkyl halides is 6. The van der Waals surface area contributed by atoms with E-state index >= 15 is 0 Å². The second kappa shape index (κ2) is 20.3. The Bertz CT molecular complexity index is 1860. The first-order chi connectivity index (χ1) is 29.4. The Kier molecular flexibility index (Phi) is 16.1. The first kappa shape index (κ1) is 49.8. The second-order valence-electron chi connectivity index (χ2n) is 18.4. The van der Waals surface area contributed by atoms with Gasteiger partial charge in [0.2, 0.25) is 35.4 Å². The van der Waals surface area contributed by atoms with Crippen molar-refractivity contribution < 1.29 is 55.1 Å². The molecule has 0 bridgehead atoms. The van der Waals surface area contributed by atoms with Gasteiger partial charge in [-0.25, -0.2) is 13.2 Å². The van der Waals surface area contributed by atoms with Gasteiger partial charge < -0.3 is 30.7 Å². The molecule has 0 aromatic carbocycles. The smallest absolute Gasteiger partial charge is 0.354 e. The predicted octanol–water partition coefficient (Wildman–Crippen LogP) is 5.44. The van der Waals surface area contributed by atoms with Crippen LogP contribution in [0.3, 0.4) is 0 Å². The standard InChI is InChI=1S/C43H60ClF6N7O6/c1-24(2)15-31-38(61)56(5)33(17-27-16-28(44)20-52-25(27)3)36(59)51-14-10-8-6-7-9-11-32(37(60)53-31)55(4)39(62)35(26-12-13-26)54-34(58)19-30-18-29(45)21-57(30)40(63)41(43(48,49)50)22-42(46,47)23-41/h16,20,24,26,29-33,35H,6-15,17-19,21-23H2,1-5H3,(H,51,59)(H,53,60)(H,54,58)/t29-,30+,31+,32+,33+,35+/m1/s1. The predicted molar refractivity (Wildman–Crippen MR) is 220 cm³/mol. The average Bonchev–Trinajstić information content (AvgIpc) is 3.97. The normalized spacial score (nSPS) is 26.7. The van der Waals surface area contributed by atoms with E-state index in [-0.39, 0.29) is 37.0 Å². The molecule has 3 N–H and O–H groups in total. The van der Waals surface area contributed by atoms with Gasteiger partial charge in [0, 0.05) is 70.7 Å². The molecule has 0 unspecified atom stereocenters. The molecule has 6 atom stereocenters. The molecule has 2 aliphatic carbocycles. The number of likely N-dealkylation sites (tertiary alicyclic amines) is 1. The lowest BCUT2D eigenvalue weighted by molar-refractivity contribution is -0.299. The third-order valence-corrected chi connectivity index (χ3v) is 13.1. The third-order valence-electron chi connectivity index (χ3n) is 12.9. The number of amides is 6. The molecule has 63 heavy (non-hydrogen) atoms. The van der Waals surface area contributed by atoms with E-state index in [9.17, 15) is 55.1 Å². The summed E-state index contributed by atoms with van der Waals surface area (Å²) in [6, 6.07) is -4.07. The van der Waals surface area contributed by atoms with Crippen molar-refractivity contribution in [2.45, 2.75) is 159 Å². The summed E-state index contributed by atoms with van der Waals surface area (Å²) in [5.41, 5.74) is -2.10. The van der Waals surface area contributed by atoms with Crippen molar-refractivity contribution in [2.24, 2.45) is 17.3 Å². The van der Waals surface area contributed by atoms with Gasteiger partial charge >= 0.3 is 6.18 Å². The van der Waals surface area contributed by atoms with Crippen molar-refractivity contribution >= 4 is 47.0 Å². The van der Waals surface area contributed by atoms with E-state index in [4.69, 9.17) is 11.6 Å². The van der Waals surface area contributed by atoms with Gasteiger partial charge in [-0.3, -0.25) is 33.8 Å². The highest BCUT2D eigenvalue weighted by Crippen LogP contribution is 2.61. The van der Waals surface area contributed by atoms with Crippen LogP contribution in [0.15, 0.2) is 12.3 Å². The van der Waals surface area contributed by atoms with Gasteiger partial charge in [-0.1, -0.05) is 51.1 Å². The number of rotatable bonds is 11. The van der Waals surface area contributed by atoms with Crippen LogP contribution in [-0.4, -0.2) is 131 Å². The molecule has 352 valence electrons. The van der Waals surface area contributed by atoms with Crippen LogP contribution in [0.5, 0.6) is 0 Å². The summed E-state index contributed by atoms with van der Waals surface area (Å²) >= 11 is 6.25. The van der Waals surface area contributed by atoms with Crippen LogP contribution in [0.4, 0.5) is 26.3 Å². The van der Waals surface area contributed by atoms with Gasteiger partial charge in [0.15, 0.2) is 5.41 Å². The molecule has 3 heterocycles. The maximum Gasteiger partial charge on any atom is 0.403 e. The van der Waals surface area contributed by atoms with Crippen LogP contribution in [0.1, 0.15) is 109 Å². The van der Waals surface area contributed by atoms with Gasteiger partial charge in [0.05, 0.1) is 11.6 Å². The quantitative estimate of drug-likeness (QED) is 0.249. The molecule has 2 saturated heterocycles. The van der Waals surface area contributed by atoms with E-state index in [1.807, 2.05) is 13.8 Å². The maximum atomic E-state index is 14.7. The monoisotopic (exact) mass is 919 g/mol. The molecule has 2 saturated carbocycles. The molecule has 1 aromatic heterocycles. The number of hydrogen-bond donors (Lipinski definition) is 3. The molecule has 5 rings (SSSR count). The van der Waals surface area contributed by atoms with Crippen molar-refractivity contribution in [3.05, 3.63) is 28.5 Å². The second-order valence-corrected chi connectivity index (χ2v) is 18.8. The van der Waals surface area contributed by atoms with Crippen LogP contribution >= 0.6 is 11.6 Å². The Morgan fingerprint density at radius 1 is 1.03 bits per heavy atom. The van der Waals surface area contributed by atoms with E-state index in [0.717, 1.165) is 12.8 Å². The lowest BCUT2D eigenvalue weighted by Gasteiger charge is -2.48. The number of hydrogen-bond acceptors (Lipinski definition) is 7. The van der Waals surface area contributed by atoms with Crippen molar-refractivity contribution in [3.8, 4) is 0 Å². The number of likely N-dealkylation sites (N-methyl/N-ethyl adjacent to an activating group) is 2. The number of nitrogens with one attached hydrogen (secondary N) is 3. The summed E-state index contributed by atoms with van der Waals surface area (Å²) in [6.45, 7) is 5.09. The van der Waals surface area contributed by atoms with Crippen LogP contribution < -0.4 is 16.0 Å². The number of aromatic nitrogens is 1. The Labute approximate surface area is 369 Å². The van der Waals surface area contributed by atoms with Crippen molar-refractivity contribution in [1.29, 1.82) is 0 Å². The molecular weight excluding hydrogens is 860 g/mol. The van der Waals surface area contributed by atoms with Crippen molar-refractivity contribution in [3.63, 3.8) is 0 Å². The Morgan fingerprint density at radius 3 is 2.30 bits per heavy atom. The van der Waals surface area contributed by atoms with E-state index in [0.29, 0.717) is 59.8 Å². The summed E-state index contributed by atoms with van der Waals surface area (Å²) in [7, 11) is 2.91. The molecule has 0 spiro atoms. The van der Waals surface area contributed by atoms with Gasteiger partial charge in [-0.2, -0.15) is 13.2 Å². The van der Waals surface area contributed by atoms with Crippen LogP contribution in [0.2, 0.25) is 5.02 Å². The minimum absolute atomic E-state index is 0.0930. The average molecular weight is 920 g/mol. The minimum atomic E-state index is -5.33. The van der Waals surface area contributed by atoms with E-state index < -0.39 is 116 Å². The first-order valence-electron chi connectivity index (χ1n) is 21.9. The fraction of sp³-hybridized carbons (Fsp3) is 0.744. The van der Waals surface area contributed by atoms with Crippen molar-refractivity contribution in [2.75, 3.05) is 27.2 Å². The fourth-order valence-electron chi connectivity index (χ4n) is 9.06. The lowest BCUT2D eigenvalue weighted by atomic mass is 9.64. The largest absolute Gasteiger partial charge is 0.403 e. The summed E-state index contributed by atoms with van der Waals surface area (Å²) < 4.78 is 84.5. The number of aryl methyl sites for hydroxylation is 1. The first-order valence-corrected chi connectivity index (χ1v) is 22.2. The zero-order valence-electron chi connectivity index (χ0n) is 36.5. The zero-order chi connectivity index (χ0) is 46.6. The fourth-order valence-corrected chi connectivity index (χ4v) is 9.24. The van der Waals surface area contributed by atoms with E-state index in [1.54, 1.807) is 13.0 Å². The molecule has 2 aliphatic heterocycles.